The largest absolute Gasteiger partial charge is 0.341 e. The molecule has 35 heavy (non-hydrogen) atoms. The maximum Gasteiger partial charge on any atom is 0.332 e. The summed E-state index contributed by atoms with van der Waals surface area (Å²) in [5.41, 5.74) is 4.96. The fraction of sp³-hybridized carbons (Fsp3) is 0.241. The average Bonchev–Trinajstić information content (AvgIpc) is 3.19. The van der Waals surface area contributed by atoms with E-state index in [9.17, 15) is 14.4 Å². The van der Waals surface area contributed by atoms with Crippen LogP contribution in [-0.4, -0.2) is 28.3 Å². The van der Waals surface area contributed by atoms with E-state index in [1.807, 2.05) is 54.6 Å². The topological polar surface area (TPSA) is 77.7 Å². The van der Waals surface area contributed by atoms with Crippen LogP contribution < -0.4 is 0 Å². The predicted molar refractivity (Wildman–Crippen MR) is 138 cm³/mol. The first-order chi connectivity index (χ1) is 17.0. The second kappa shape index (κ2) is 10.5. The summed E-state index contributed by atoms with van der Waals surface area (Å²) >= 11 is 0. The van der Waals surface area contributed by atoms with Gasteiger partial charge in [-0.3, -0.25) is 9.59 Å². The third kappa shape index (κ3) is 4.78. The molecule has 0 unspecified atom stereocenters. The van der Waals surface area contributed by atoms with Gasteiger partial charge in [0.25, 0.3) is 0 Å². The van der Waals surface area contributed by atoms with Crippen LogP contribution in [0.15, 0.2) is 65.8 Å². The van der Waals surface area contributed by atoms with Crippen molar-refractivity contribution in [1.82, 2.24) is 4.57 Å². The highest BCUT2D eigenvalue weighted by atomic mass is 16.7. The van der Waals surface area contributed by atoms with E-state index in [2.05, 4.69) is 28.4 Å². The number of fused-ring (bicyclic) bond motifs is 3. The van der Waals surface area contributed by atoms with Gasteiger partial charge in [-0.2, -0.15) is 0 Å². The van der Waals surface area contributed by atoms with Crippen LogP contribution in [0.4, 0.5) is 0 Å². The van der Waals surface area contributed by atoms with Crippen molar-refractivity contribution in [3.05, 3.63) is 82.9 Å². The minimum Gasteiger partial charge on any atom is -0.341 e. The molecule has 178 valence electrons. The Morgan fingerprint density at radius 1 is 0.943 bits per heavy atom. The number of rotatable bonds is 9. The molecule has 0 N–H and O–H groups in total. The van der Waals surface area contributed by atoms with Crippen LogP contribution in [0.25, 0.3) is 21.8 Å². The summed E-state index contributed by atoms with van der Waals surface area (Å²) in [6.07, 6.45) is 3.53. The average molecular weight is 469 g/mol. The normalized spacial score (nSPS) is 11.7. The van der Waals surface area contributed by atoms with Crippen LogP contribution in [0.1, 0.15) is 60.7 Å². The predicted octanol–water partition coefficient (Wildman–Crippen LogP) is 5.85. The number of aryl methyl sites for hydroxylation is 2. The molecule has 6 nitrogen and oxygen atoms in total. The number of hydrogen-bond donors (Lipinski definition) is 0. The van der Waals surface area contributed by atoms with E-state index in [4.69, 9.17) is 0 Å². The van der Waals surface area contributed by atoms with Gasteiger partial charge < -0.3 is 9.40 Å². The third-order valence-corrected chi connectivity index (χ3v) is 6.18. The highest BCUT2D eigenvalue weighted by Gasteiger charge is 2.17. The molecule has 0 atom stereocenters. The molecule has 4 rings (SSSR count). The number of nitrogens with zero attached hydrogens (tertiary/aromatic N) is 2. The molecule has 0 aliphatic rings. The Balaban J connectivity index is 1.85. The second-order valence-electron chi connectivity index (χ2n) is 8.48. The Hall–Kier alpha value is -4.06. The number of benzene rings is 3. The van der Waals surface area contributed by atoms with E-state index in [0.717, 1.165) is 58.7 Å². The lowest BCUT2D eigenvalue weighted by molar-refractivity contribution is -0.140. The minimum absolute atomic E-state index is 0.00263. The summed E-state index contributed by atoms with van der Waals surface area (Å²) in [7, 11) is 0. The summed E-state index contributed by atoms with van der Waals surface area (Å²) in [5, 5.41) is 5.49. The number of oxime groups is 1. The first kappa shape index (κ1) is 24.1. The summed E-state index contributed by atoms with van der Waals surface area (Å²) in [4.78, 5) is 41.0. The first-order valence-corrected chi connectivity index (χ1v) is 11.9. The zero-order valence-electron chi connectivity index (χ0n) is 20.2. The molecule has 1 heterocycles. The van der Waals surface area contributed by atoms with Crippen LogP contribution >= 0.6 is 0 Å². The molecule has 0 amide bonds. The lowest BCUT2D eigenvalue weighted by Gasteiger charge is -2.09. The van der Waals surface area contributed by atoms with Gasteiger partial charge in [0.2, 0.25) is 0 Å². The Kier molecular flexibility index (Phi) is 7.20. The summed E-state index contributed by atoms with van der Waals surface area (Å²) in [5.74, 6) is -0.604. The van der Waals surface area contributed by atoms with Crippen molar-refractivity contribution in [1.29, 1.82) is 0 Å². The first-order valence-electron chi connectivity index (χ1n) is 11.9. The lowest BCUT2D eigenvalue weighted by atomic mass is 9.94. The number of ketones is 1. The maximum absolute atomic E-state index is 13.5. The molecule has 1 aromatic heterocycles. The molecule has 4 aromatic rings. The zero-order chi connectivity index (χ0) is 24.9. The summed E-state index contributed by atoms with van der Waals surface area (Å²) in [6, 6.07) is 19.1. The van der Waals surface area contributed by atoms with Crippen LogP contribution in [0, 0.1) is 0 Å². The van der Waals surface area contributed by atoms with E-state index >= 15 is 0 Å². The van der Waals surface area contributed by atoms with Crippen LogP contribution in [0.3, 0.4) is 0 Å². The van der Waals surface area contributed by atoms with Gasteiger partial charge in [-0.1, -0.05) is 48.8 Å². The van der Waals surface area contributed by atoms with E-state index in [1.54, 1.807) is 6.07 Å². The van der Waals surface area contributed by atoms with Crippen molar-refractivity contribution in [2.75, 3.05) is 0 Å². The minimum atomic E-state index is -0.601. The smallest absolute Gasteiger partial charge is 0.332 e. The number of unbranched alkanes of at least 4 members (excludes halogenated alkanes) is 1. The van der Waals surface area contributed by atoms with Crippen LogP contribution in [-0.2, 0) is 27.4 Å². The fourth-order valence-corrected chi connectivity index (χ4v) is 4.48. The Bertz CT molecular complexity index is 1460. The lowest BCUT2D eigenvalue weighted by Crippen LogP contribution is -2.05. The Morgan fingerprint density at radius 3 is 2.23 bits per heavy atom. The van der Waals surface area contributed by atoms with Crippen LogP contribution in [0.5, 0.6) is 0 Å². The molecule has 0 radical (unpaired) electrons. The van der Waals surface area contributed by atoms with E-state index in [0.29, 0.717) is 17.4 Å². The summed E-state index contributed by atoms with van der Waals surface area (Å²) in [6.45, 7) is 6.18. The quantitative estimate of drug-likeness (QED) is 0.101. The molecule has 6 heteroatoms. The fourth-order valence-electron chi connectivity index (χ4n) is 4.48. The Labute approximate surface area is 204 Å². The number of hydrogen-bond acceptors (Lipinski definition) is 5. The molecule has 0 saturated carbocycles. The van der Waals surface area contributed by atoms with Crippen molar-refractivity contribution in [2.45, 2.75) is 46.6 Å². The molecular formula is C29H28N2O4. The summed E-state index contributed by atoms with van der Waals surface area (Å²) < 4.78 is 2.17. The molecule has 3 aromatic carbocycles. The number of aldehydes is 1. The molecule has 0 saturated heterocycles. The molecule has 0 bridgehead atoms. The van der Waals surface area contributed by atoms with Gasteiger partial charge >= 0.3 is 5.97 Å². The standard InChI is InChI=1S/C29H28N2O4/c1-4-6-9-20-10-7-8-11-23(20)29(34)22-13-15-28-25(17-22)24-16-21(12-14-27(24)31(28)5-2)26(18-32)30-35-19(3)33/h7-8,10-18H,4-6,9H2,1-3H3. The number of carbonyl (C=O) groups excluding carboxylic acids is 3. The maximum atomic E-state index is 13.5. The Morgan fingerprint density at radius 2 is 1.60 bits per heavy atom. The van der Waals surface area contributed by atoms with Gasteiger partial charge in [-0.25, -0.2) is 4.79 Å². The van der Waals surface area contributed by atoms with Gasteiger partial charge in [0.05, 0.1) is 0 Å². The van der Waals surface area contributed by atoms with Gasteiger partial charge in [-0.05, 0) is 55.7 Å². The molecule has 0 aliphatic heterocycles. The monoisotopic (exact) mass is 468 g/mol. The number of aromatic nitrogens is 1. The van der Waals surface area contributed by atoms with Crippen molar-refractivity contribution in [3.63, 3.8) is 0 Å². The second-order valence-corrected chi connectivity index (χ2v) is 8.48. The van der Waals surface area contributed by atoms with E-state index in [-0.39, 0.29) is 11.5 Å². The van der Waals surface area contributed by atoms with Gasteiger partial charge in [-0.15, -0.1) is 0 Å². The van der Waals surface area contributed by atoms with Crippen molar-refractivity contribution in [2.24, 2.45) is 5.16 Å². The van der Waals surface area contributed by atoms with Crippen molar-refractivity contribution >= 4 is 45.6 Å². The van der Waals surface area contributed by atoms with Crippen molar-refractivity contribution in [3.8, 4) is 0 Å². The highest BCUT2D eigenvalue weighted by Crippen LogP contribution is 2.31. The molecule has 0 spiro atoms. The molecule has 0 fully saturated rings. The molecular weight excluding hydrogens is 440 g/mol. The zero-order valence-corrected chi connectivity index (χ0v) is 20.2. The number of carbonyl (C=O) groups is 3. The highest BCUT2D eigenvalue weighted by molar-refractivity contribution is 6.36. The van der Waals surface area contributed by atoms with Gasteiger partial charge in [0.1, 0.15) is 0 Å². The van der Waals surface area contributed by atoms with E-state index in [1.165, 1.54) is 6.92 Å². The van der Waals surface area contributed by atoms with Gasteiger partial charge in [0, 0.05) is 52.0 Å². The van der Waals surface area contributed by atoms with Crippen LogP contribution in [0.2, 0.25) is 0 Å². The van der Waals surface area contributed by atoms with E-state index < -0.39 is 5.97 Å². The molecule has 0 aliphatic carbocycles. The third-order valence-electron chi connectivity index (χ3n) is 6.18. The van der Waals surface area contributed by atoms with Gasteiger partial charge in [0.15, 0.2) is 17.8 Å². The van der Waals surface area contributed by atoms with Crippen molar-refractivity contribution < 1.29 is 19.2 Å². The SMILES string of the molecule is CCCCc1ccccc1C(=O)c1ccc2c(c1)c1cc(C(C=O)=NOC(C)=O)ccc1n2CC.